The van der Waals surface area contributed by atoms with Crippen LogP contribution in [0.15, 0.2) is 41.5 Å². The Kier molecular flexibility index (Phi) is 4.83. The number of hydrogen-bond acceptors (Lipinski definition) is 4. The van der Waals surface area contributed by atoms with Crippen LogP contribution in [0.3, 0.4) is 0 Å². The van der Waals surface area contributed by atoms with E-state index >= 15 is 0 Å². The average molecular weight is 354 g/mol. The zero-order valence-electron chi connectivity index (χ0n) is 14.2. The van der Waals surface area contributed by atoms with Gasteiger partial charge in [-0.2, -0.15) is 0 Å². The fraction of sp³-hybridized carbons (Fsp3) is 0.400. The van der Waals surface area contributed by atoms with Crippen LogP contribution in [0.1, 0.15) is 36.1 Å². The third-order valence-corrected chi connectivity index (χ3v) is 5.95. The van der Waals surface area contributed by atoms with Crippen LogP contribution in [0, 0.1) is 0 Å². The van der Waals surface area contributed by atoms with Crippen LogP contribution in [0.2, 0.25) is 0 Å². The molecule has 0 N–H and O–H groups in total. The second kappa shape index (κ2) is 7.40. The van der Waals surface area contributed by atoms with E-state index in [2.05, 4.69) is 4.98 Å². The highest BCUT2D eigenvalue weighted by Gasteiger charge is 2.19. The Morgan fingerprint density at radius 3 is 2.84 bits per heavy atom. The van der Waals surface area contributed by atoms with Crippen LogP contribution >= 0.6 is 11.3 Å². The van der Waals surface area contributed by atoms with Gasteiger partial charge in [0.15, 0.2) is 0 Å². The van der Waals surface area contributed by atoms with Gasteiger partial charge in [0.2, 0.25) is 0 Å². The molecule has 25 heavy (non-hydrogen) atoms. The predicted octanol–water partition coefficient (Wildman–Crippen LogP) is 4.20. The molecule has 3 aromatic rings. The molecule has 0 spiro atoms. The normalized spacial score (nSPS) is 13.8. The third-order valence-electron chi connectivity index (χ3n) is 4.75. The first kappa shape index (κ1) is 16.3. The molecule has 1 aliphatic rings. The van der Waals surface area contributed by atoms with Crippen LogP contribution in [0.25, 0.3) is 10.2 Å². The number of benzene rings is 1. The monoisotopic (exact) mass is 354 g/mol. The van der Waals surface area contributed by atoms with Crippen molar-refractivity contribution in [3.63, 3.8) is 0 Å². The van der Waals surface area contributed by atoms with Gasteiger partial charge in [0.25, 0.3) is 5.56 Å². The lowest BCUT2D eigenvalue weighted by molar-refractivity contribution is 0.303. The summed E-state index contributed by atoms with van der Waals surface area (Å²) in [6.07, 6.45) is 8.09. The van der Waals surface area contributed by atoms with Crippen LogP contribution in [0.4, 0.5) is 0 Å². The minimum Gasteiger partial charge on any atom is -0.494 e. The average Bonchev–Trinajstić information content (AvgIpc) is 3.03. The van der Waals surface area contributed by atoms with Gasteiger partial charge in [0, 0.05) is 11.4 Å². The molecule has 4 rings (SSSR count). The van der Waals surface area contributed by atoms with Crippen molar-refractivity contribution < 1.29 is 4.74 Å². The Hall–Kier alpha value is -2.14. The second-order valence-electron chi connectivity index (χ2n) is 6.50. The van der Waals surface area contributed by atoms with Crippen molar-refractivity contribution >= 4 is 21.6 Å². The number of aromatic nitrogens is 2. The molecule has 0 aliphatic heterocycles. The Balaban J connectivity index is 1.40. The summed E-state index contributed by atoms with van der Waals surface area (Å²) in [7, 11) is 0. The molecule has 0 fully saturated rings. The summed E-state index contributed by atoms with van der Waals surface area (Å²) in [5.74, 6) is 0.896. The van der Waals surface area contributed by atoms with Crippen LogP contribution in [-0.4, -0.2) is 16.2 Å². The summed E-state index contributed by atoms with van der Waals surface area (Å²) in [6, 6.07) is 9.84. The molecule has 4 nitrogen and oxygen atoms in total. The van der Waals surface area contributed by atoms with Gasteiger partial charge in [-0.3, -0.25) is 9.36 Å². The molecule has 130 valence electrons. The first-order valence-corrected chi connectivity index (χ1v) is 9.82. The van der Waals surface area contributed by atoms with E-state index in [0.29, 0.717) is 13.2 Å². The summed E-state index contributed by atoms with van der Waals surface area (Å²) >= 11 is 1.71. The van der Waals surface area contributed by atoms with Crippen LogP contribution < -0.4 is 10.3 Å². The Morgan fingerprint density at radius 2 is 1.96 bits per heavy atom. The maximum Gasteiger partial charge on any atom is 0.262 e. The summed E-state index contributed by atoms with van der Waals surface area (Å²) in [5.41, 5.74) is 1.40. The summed E-state index contributed by atoms with van der Waals surface area (Å²) in [4.78, 5) is 19.7. The van der Waals surface area contributed by atoms with Gasteiger partial charge >= 0.3 is 0 Å². The van der Waals surface area contributed by atoms with Gasteiger partial charge < -0.3 is 4.74 Å². The first-order chi connectivity index (χ1) is 12.3. The molecule has 5 heteroatoms. The van der Waals surface area contributed by atoms with Crippen molar-refractivity contribution in [2.45, 2.75) is 45.1 Å². The largest absolute Gasteiger partial charge is 0.494 e. The number of hydrogen-bond donors (Lipinski definition) is 0. The number of ether oxygens (including phenoxy) is 1. The van der Waals surface area contributed by atoms with Crippen molar-refractivity contribution in [3.8, 4) is 5.75 Å². The van der Waals surface area contributed by atoms with E-state index < -0.39 is 0 Å². The summed E-state index contributed by atoms with van der Waals surface area (Å²) in [6.45, 7) is 1.37. The Labute approximate surface area is 151 Å². The maximum absolute atomic E-state index is 12.8. The molecule has 1 aromatic carbocycles. The second-order valence-corrected chi connectivity index (χ2v) is 7.59. The predicted molar refractivity (Wildman–Crippen MR) is 102 cm³/mol. The van der Waals surface area contributed by atoms with Crippen molar-refractivity contribution in [3.05, 3.63) is 57.5 Å². The molecule has 2 aromatic heterocycles. The van der Waals surface area contributed by atoms with E-state index in [9.17, 15) is 4.79 Å². The van der Waals surface area contributed by atoms with E-state index in [-0.39, 0.29) is 5.56 Å². The molecule has 0 saturated heterocycles. The summed E-state index contributed by atoms with van der Waals surface area (Å²) in [5, 5.41) is 0.878. The molecule has 0 amide bonds. The minimum atomic E-state index is 0.133. The standard InChI is InChI=1S/C20H22N2O2S/c23-20-18-16-10-4-5-11-17(16)25-19(18)21-14-22(20)12-6-7-13-24-15-8-2-1-3-9-15/h1-3,8-9,14H,4-7,10-13H2. The van der Waals surface area contributed by atoms with Gasteiger partial charge in [0.05, 0.1) is 18.3 Å². The molecular weight excluding hydrogens is 332 g/mol. The molecular formula is C20H22N2O2S. The van der Waals surface area contributed by atoms with Crippen molar-refractivity contribution in [1.82, 2.24) is 9.55 Å². The SMILES string of the molecule is O=c1c2c3c(sc2ncn1CCCCOc1ccccc1)CCCC3. The molecule has 2 heterocycles. The fourth-order valence-corrected chi connectivity index (χ4v) is 4.65. The number of para-hydroxylation sites is 1. The first-order valence-electron chi connectivity index (χ1n) is 9.00. The number of aryl methyl sites for hydroxylation is 3. The van der Waals surface area contributed by atoms with Crippen LogP contribution in [-0.2, 0) is 19.4 Å². The van der Waals surface area contributed by atoms with Gasteiger partial charge in [-0.1, -0.05) is 18.2 Å². The molecule has 0 saturated carbocycles. The molecule has 0 atom stereocenters. The topological polar surface area (TPSA) is 44.1 Å². The zero-order chi connectivity index (χ0) is 17.1. The van der Waals surface area contributed by atoms with E-state index in [0.717, 1.165) is 41.6 Å². The lowest BCUT2D eigenvalue weighted by Gasteiger charge is -2.10. The quantitative estimate of drug-likeness (QED) is 0.623. The highest BCUT2D eigenvalue weighted by atomic mass is 32.1. The Bertz CT molecular complexity index is 915. The lowest BCUT2D eigenvalue weighted by atomic mass is 9.97. The highest BCUT2D eigenvalue weighted by molar-refractivity contribution is 7.18. The number of unbranched alkanes of at least 4 members (excludes halogenated alkanes) is 1. The fourth-order valence-electron chi connectivity index (χ4n) is 3.43. The van der Waals surface area contributed by atoms with E-state index in [1.54, 1.807) is 22.2 Å². The molecule has 0 bridgehead atoms. The van der Waals surface area contributed by atoms with Crippen molar-refractivity contribution in [1.29, 1.82) is 0 Å². The van der Waals surface area contributed by atoms with Gasteiger partial charge in [-0.05, 0) is 56.2 Å². The summed E-state index contributed by atoms with van der Waals surface area (Å²) < 4.78 is 7.48. The Morgan fingerprint density at radius 1 is 1.12 bits per heavy atom. The minimum absolute atomic E-state index is 0.133. The molecule has 1 aliphatic carbocycles. The van der Waals surface area contributed by atoms with E-state index in [1.165, 1.54) is 23.3 Å². The third kappa shape index (κ3) is 3.47. The molecule has 0 unspecified atom stereocenters. The van der Waals surface area contributed by atoms with Crippen LogP contribution in [0.5, 0.6) is 5.75 Å². The maximum atomic E-state index is 12.8. The van der Waals surface area contributed by atoms with Gasteiger partial charge in [-0.15, -0.1) is 11.3 Å². The zero-order valence-corrected chi connectivity index (χ0v) is 15.1. The number of rotatable bonds is 6. The lowest BCUT2D eigenvalue weighted by Crippen LogP contribution is -2.21. The highest BCUT2D eigenvalue weighted by Crippen LogP contribution is 2.33. The van der Waals surface area contributed by atoms with Gasteiger partial charge in [-0.25, -0.2) is 4.98 Å². The van der Waals surface area contributed by atoms with Gasteiger partial charge in [0.1, 0.15) is 10.6 Å². The number of nitrogens with zero attached hydrogens (tertiary/aromatic N) is 2. The number of fused-ring (bicyclic) bond motifs is 3. The van der Waals surface area contributed by atoms with Crippen molar-refractivity contribution in [2.24, 2.45) is 0 Å². The number of thiophene rings is 1. The van der Waals surface area contributed by atoms with Crippen molar-refractivity contribution in [2.75, 3.05) is 6.61 Å². The van der Waals surface area contributed by atoms with E-state index in [4.69, 9.17) is 4.74 Å². The van der Waals surface area contributed by atoms with E-state index in [1.807, 2.05) is 30.3 Å². The molecule has 0 radical (unpaired) electrons. The smallest absolute Gasteiger partial charge is 0.262 e.